The number of hydrogen-bond acceptors (Lipinski definition) is 3. The van der Waals surface area contributed by atoms with E-state index >= 15 is 0 Å². The summed E-state index contributed by atoms with van der Waals surface area (Å²) in [6.45, 7) is 6.05. The van der Waals surface area contributed by atoms with Crippen LogP contribution >= 0.6 is 0 Å². The van der Waals surface area contributed by atoms with Crippen LogP contribution in [0.15, 0.2) is 24.3 Å². The van der Waals surface area contributed by atoms with E-state index in [1.54, 1.807) is 18.2 Å². The van der Waals surface area contributed by atoms with Crippen LogP contribution < -0.4 is 5.32 Å². The zero-order chi connectivity index (χ0) is 16.8. The molecule has 2 N–H and O–H groups in total. The third kappa shape index (κ3) is 5.97. The third-order valence-corrected chi connectivity index (χ3v) is 5.10. The molecule has 0 heterocycles. The molecule has 0 aliphatic carbocycles. The molecule has 1 unspecified atom stereocenters. The molecule has 0 aromatic heterocycles. The zero-order valence-corrected chi connectivity index (χ0v) is 14.0. The fraction of sp³-hybridized carbons (Fsp3) is 0.500. The molecule has 1 rings (SSSR count). The lowest BCUT2D eigenvalue weighted by Gasteiger charge is -2.17. The van der Waals surface area contributed by atoms with Crippen LogP contribution in [0, 0.1) is 0 Å². The SMILES string of the molecule is CC(C)(C)S(=O)CCNC(=O)CCc1ccccc1C(=O)O. The van der Waals surface area contributed by atoms with Crippen molar-refractivity contribution in [3.63, 3.8) is 0 Å². The van der Waals surface area contributed by atoms with E-state index in [0.717, 1.165) is 0 Å². The second-order valence-corrected chi connectivity index (χ2v) is 8.30. The minimum absolute atomic E-state index is 0.161. The first-order chi connectivity index (χ1) is 10.2. The van der Waals surface area contributed by atoms with E-state index in [4.69, 9.17) is 5.11 Å². The quantitative estimate of drug-likeness (QED) is 0.803. The molecule has 0 saturated carbocycles. The maximum absolute atomic E-state index is 11.8. The van der Waals surface area contributed by atoms with Gasteiger partial charge in [0, 0.05) is 34.3 Å². The highest BCUT2D eigenvalue weighted by molar-refractivity contribution is 7.86. The third-order valence-electron chi connectivity index (χ3n) is 3.16. The summed E-state index contributed by atoms with van der Waals surface area (Å²) in [5.41, 5.74) is 0.868. The van der Waals surface area contributed by atoms with E-state index in [1.807, 2.05) is 20.8 Å². The molecule has 0 aliphatic heterocycles. The van der Waals surface area contributed by atoms with Gasteiger partial charge >= 0.3 is 5.97 Å². The molecule has 0 bridgehead atoms. The van der Waals surface area contributed by atoms with Crippen LogP contribution in [0.5, 0.6) is 0 Å². The van der Waals surface area contributed by atoms with Gasteiger partial charge in [0.2, 0.25) is 5.91 Å². The van der Waals surface area contributed by atoms with Gasteiger partial charge < -0.3 is 10.4 Å². The lowest BCUT2D eigenvalue weighted by molar-refractivity contribution is -0.120. The number of carbonyl (C=O) groups is 2. The average Bonchev–Trinajstić information content (AvgIpc) is 2.44. The summed E-state index contributed by atoms with van der Waals surface area (Å²) in [4.78, 5) is 22.8. The highest BCUT2D eigenvalue weighted by Gasteiger charge is 2.19. The maximum atomic E-state index is 11.8. The molecule has 0 fully saturated rings. The Labute approximate surface area is 133 Å². The first-order valence-corrected chi connectivity index (χ1v) is 8.50. The predicted octanol–water partition coefficient (Wildman–Crippen LogP) is 1.98. The topological polar surface area (TPSA) is 83.5 Å². The highest BCUT2D eigenvalue weighted by Crippen LogP contribution is 2.12. The predicted molar refractivity (Wildman–Crippen MR) is 87.5 cm³/mol. The van der Waals surface area contributed by atoms with Crippen LogP contribution in [-0.2, 0) is 22.0 Å². The van der Waals surface area contributed by atoms with Crippen molar-refractivity contribution in [1.29, 1.82) is 0 Å². The Hall–Kier alpha value is -1.69. The Balaban J connectivity index is 2.41. The Bertz CT molecular complexity index is 564. The summed E-state index contributed by atoms with van der Waals surface area (Å²) in [6.07, 6.45) is 0.586. The summed E-state index contributed by atoms with van der Waals surface area (Å²) < 4.78 is 11.6. The molecule has 0 saturated heterocycles. The number of benzene rings is 1. The van der Waals surface area contributed by atoms with Gasteiger partial charge in [0.15, 0.2) is 0 Å². The van der Waals surface area contributed by atoms with Gasteiger partial charge in [-0.05, 0) is 38.8 Å². The standard InChI is InChI=1S/C16H23NO4S/c1-16(2,3)22(21)11-10-17-14(18)9-8-12-6-4-5-7-13(12)15(19)20/h4-7H,8-11H2,1-3H3,(H,17,18)(H,19,20). The van der Waals surface area contributed by atoms with Gasteiger partial charge in [-0.25, -0.2) is 4.79 Å². The van der Waals surface area contributed by atoms with Crippen molar-refractivity contribution in [2.24, 2.45) is 0 Å². The largest absolute Gasteiger partial charge is 0.478 e. The van der Waals surface area contributed by atoms with Crippen LogP contribution in [0.25, 0.3) is 0 Å². The van der Waals surface area contributed by atoms with Gasteiger partial charge in [0.1, 0.15) is 0 Å². The summed E-state index contributed by atoms with van der Waals surface area (Å²) in [7, 11) is -0.996. The second kappa shape index (κ2) is 8.08. The number of nitrogens with one attached hydrogen (secondary N) is 1. The van der Waals surface area contributed by atoms with E-state index in [0.29, 0.717) is 24.3 Å². The normalized spacial score (nSPS) is 12.7. The van der Waals surface area contributed by atoms with E-state index in [-0.39, 0.29) is 22.6 Å². The van der Waals surface area contributed by atoms with E-state index < -0.39 is 16.8 Å². The van der Waals surface area contributed by atoms with Gasteiger partial charge in [-0.1, -0.05) is 18.2 Å². The summed E-state index contributed by atoms with van der Waals surface area (Å²) in [6, 6.07) is 6.66. The van der Waals surface area contributed by atoms with Crippen LogP contribution in [0.3, 0.4) is 0 Å². The lowest BCUT2D eigenvalue weighted by Crippen LogP contribution is -2.32. The Kier molecular flexibility index (Phi) is 6.74. The number of rotatable bonds is 7. The number of hydrogen-bond donors (Lipinski definition) is 2. The minimum atomic E-state index is -0.996. The van der Waals surface area contributed by atoms with Crippen molar-refractivity contribution in [1.82, 2.24) is 5.32 Å². The number of carboxylic acid groups (broad SMARTS) is 1. The summed E-state index contributed by atoms with van der Waals surface area (Å²) in [5, 5.41) is 11.8. The fourth-order valence-electron chi connectivity index (χ4n) is 1.87. The Morgan fingerprint density at radius 3 is 2.45 bits per heavy atom. The molecule has 1 amide bonds. The Morgan fingerprint density at radius 1 is 1.23 bits per heavy atom. The molecule has 22 heavy (non-hydrogen) atoms. The molecular weight excluding hydrogens is 302 g/mol. The molecule has 0 spiro atoms. The van der Waals surface area contributed by atoms with Crippen molar-refractivity contribution in [2.75, 3.05) is 12.3 Å². The van der Waals surface area contributed by atoms with Gasteiger partial charge in [0.05, 0.1) is 5.56 Å². The highest BCUT2D eigenvalue weighted by atomic mass is 32.2. The number of aryl methyl sites for hydroxylation is 1. The Morgan fingerprint density at radius 2 is 1.86 bits per heavy atom. The van der Waals surface area contributed by atoms with Gasteiger partial charge in [0.25, 0.3) is 0 Å². The first kappa shape index (κ1) is 18.4. The summed E-state index contributed by atoms with van der Waals surface area (Å²) in [5.74, 6) is -0.733. The number of amides is 1. The van der Waals surface area contributed by atoms with Crippen LogP contribution in [0.4, 0.5) is 0 Å². The first-order valence-electron chi connectivity index (χ1n) is 7.18. The van der Waals surface area contributed by atoms with Gasteiger partial charge in [-0.15, -0.1) is 0 Å². The van der Waals surface area contributed by atoms with E-state index in [9.17, 15) is 13.8 Å². The van der Waals surface area contributed by atoms with Crippen LogP contribution in [-0.4, -0.2) is 38.2 Å². The molecule has 1 atom stereocenters. The molecule has 1 aromatic carbocycles. The van der Waals surface area contributed by atoms with Crippen molar-refractivity contribution in [3.05, 3.63) is 35.4 Å². The van der Waals surface area contributed by atoms with Crippen LogP contribution in [0.2, 0.25) is 0 Å². The van der Waals surface area contributed by atoms with Crippen molar-refractivity contribution >= 4 is 22.7 Å². The van der Waals surface area contributed by atoms with E-state index in [2.05, 4.69) is 5.32 Å². The van der Waals surface area contributed by atoms with E-state index in [1.165, 1.54) is 6.07 Å². The molecule has 1 aromatic rings. The molecule has 122 valence electrons. The molecule has 5 nitrogen and oxygen atoms in total. The minimum Gasteiger partial charge on any atom is -0.478 e. The maximum Gasteiger partial charge on any atom is 0.335 e. The monoisotopic (exact) mass is 325 g/mol. The van der Waals surface area contributed by atoms with Crippen molar-refractivity contribution < 1.29 is 18.9 Å². The average molecular weight is 325 g/mol. The van der Waals surface area contributed by atoms with Crippen molar-refractivity contribution in [2.45, 2.75) is 38.4 Å². The lowest BCUT2D eigenvalue weighted by atomic mass is 10.0. The number of carbonyl (C=O) groups excluding carboxylic acids is 1. The van der Waals surface area contributed by atoms with Gasteiger partial charge in [-0.3, -0.25) is 9.00 Å². The number of carboxylic acids is 1. The zero-order valence-electron chi connectivity index (χ0n) is 13.2. The molecule has 6 heteroatoms. The molecule has 0 aliphatic rings. The smallest absolute Gasteiger partial charge is 0.335 e. The van der Waals surface area contributed by atoms with Crippen molar-refractivity contribution in [3.8, 4) is 0 Å². The number of aromatic carboxylic acids is 1. The summed E-state index contributed by atoms with van der Waals surface area (Å²) >= 11 is 0. The molecular formula is C16H23NO4S. The fourth-order valence-corrected chi connectivity index (χ4v) is 2.77. The second-order valence-electron chi connectivity index (χ2n) is 5.97. The van der Waals surface area contributed by atoms with Gasteiger partial charge in [-0.2, -0.15) is 0 Å². The molecule has 0 radical (unpaired) electrons. The van der Waals surface area contributed by atoms with Crippen LogP contribution in [0.1, 0.15) is 43.1 Å².